The number of piperidine rings is 1. The summed E-state index contributed by atoms with van der Waals surface area (Å²) in [7, 11) is 0. The number of amides is 1. The van der Waals surface area contributed by atoms with Crippen molar-refractivity contribution in [3.63, 3.8) is 0 Å². The third-order valence-electron chi connectivity index (χ3n) is 5.14. The average molecular weight is 357 g/mol. The van der Waals surface area contributed by atoms with E-state index in [1.807, 2.05) is 19.9 Å². The second-order valence-corrected chi connectivity index (χ2v) is 8.16. The topological polar surface area (TPSA) is 50.2 Å². The summed E-state index contributed by atoms with van der Waals surface area (Å²) in [4.78, 5) is 19.6. The zero-order chi connectivity index (χ0) is 18.7. The first-order valence-corrected chi connectivity index (χ1v) is 9.96. The van der Waals surface area contributed by atoms with Crippen LogP contribution < -0.4 is 10.2 Å². The zero-order valence-corrected chi connectivity index (χ0v) is 16.5. The van der Waals surface area contributed by atoms with Crippen molar-refractivity contribution in [1.82, 2.24) is 14.9 Å². The maximum absolute atomic E-state index is 12.3. The number of rotatable bonds is 6. The van der Waals surface area contributed by atoms with Gasteiger partial charge in [-0.3, -0.25) is 4.79 Å². The van der Waals surface area contributed by atoms with E-state index in [1.165, 1.54) is 5.52 Å². The summed E-state index contributed by atoms with van der Waals surface area (Å²) in [5.74, 6) is 2.05. The third-order valence-corrected chi connectivity index (χ3v) is 5.14. The van der Waals surface area contributed by atoms with E-state index in [4.69, 9.17) is 4.98 Å². The van der Waals surface area contributed by atoms with Crippen molar-refractivity contribution in [1.29, 1.82) is 0 Å². The third kappa shape index (κ3) is 4.19. The minimum absolute atomic E-state index is 0.127. The molecule has 0 bridgehead atoms. The van der Waals surface area contributed by atoms with Crippen LogP contribution in [0.2, 0.25) is 0 Å². The van der Waals surface area contributed by atoms with Crippen molar-refractivity contribution in [3.05, 3.63) is 24.3 Å². The Hall–Kier alpha value is -2.04. The van der Waals surface area contributed by atoms with Gasteiger partial charge >= 0.3 is 0 Å². The van der Waals surface area contributed by atoms with Gasteiger partial charge in [0.25, 0.3) is 0 Å². The van der Waals surface area contributed by atoms with E-state index in [2.05, 4.69) is 46.8 Å². The number of nitrogens with zero attached hydrogens (tertiary/aromatic N) is 3. The zero-order valence-electron chi connectivity index (χ0n) is 16.5. The number of aryl methyl sites for hydroxylation is 1. The molecule has 3 rings (SSSR count). The maximum atomic E-state index is 12.3. The number of imidazole rings is 1. The fraction of sp³-hybridized carbons (Fsp3) is 0.619. The SMILES string of the molecule is CC(C)CCn1c(N2CCC(C(=O)NC(C)C)CC2)nc2ccccc21. The van der Waals surface area contributed by atoms with Crippen LogP contribution in [0, 0.1) is 11.8 Å². The van der Waals surface area contributed by atoms with Gasteiger partial charge in [0.15, 0.2) is 0 Å². The number of hydrogen-bond donors (Lipinski definition) is 1. The van der Waals surface area contributed by atoms with Crippen molar-refractivity contribution < 1.29 is 4.79 Å². The molecule has 0 spiro atoms. The van der Waals surface area contributed by atoms with Crippen LogP contribution in [0.5, 0.6) is 0 Å². The van der Waals surface area contributed by atoms with E-state index < -0.39 is 0 Å². The van der Waals surface area contributed by atoms with E-state index in [1.54, 1.807) is 0 Å². The van der Waals surface area contributed by atoms with Crippen LogP contribution in [0.1, 0.15) is 47.0 Å². The summed E-state index contributed by atoms with van der Waals surface area (Å²) in [5.41, 5.74) is 2.27. The molecule has 1 aliphatic heterocycles. The Morgan fingerprint density at radius 3 is 2.54 bits per heavy atom. The van der Waals surface area contributed by atoms with Crippen LogP contribution in [-0.4, -0.2) is 34.6 Å². The van der Waals surface area contributed by atoms with Gasteiger partial charge < -0.3 is 14.8 Å². The summed E-state index contributed by atoms with van der Waals surface area (Å²) in [6.07, 6.45) is 2.93. The number of carbonyl (C=O) groups excluding carboxylic acids is 1. The maximum Gasteiger partial charge on any atom is 0.223 e. The van der Waals surface area contributed by atoms with E-state index in [0.29, 0.717) is 5.92 Å². The van der Waals surface area contributed by atoms with Crippen LogP contribution >= 0.6 is 0 Å². The molecule has 0 radical (unpaired) electrons. The van der Waals surface area contributed by atoms with Gasteiger partial charge in [-0.25, -0.2) is 4.98 Å². The monoisotopic (exact) mass is 356 g/mol. The van der Waals surface area contributed by atoms with E-state index in [-0.39, 0.29) is 17.9 Å². The number of benzene rings is 1. The van der Waals surface area contributed by atoms with E-state index in [0.717, 1.165) is 50.4 Å². The first kappa shape index (κ1) is 18.7. The summed E-state index contributed by atoms with van der Waals surface area (Å²) in [5, 5.41) is 3.05. The lowest BCUT2D eigenvalue weighted by Crippen LogP contribution is -2.43. The smallest absolute Gasteiger partial charge is 0.223 e. The number of carbonyl (C=O) groups is 1. The van der Waals surface area contributed by atoms with Crippen molar-refractivity contribution in [3.8, 4) is 0 Å². The number of hydrogen-bond acceptors (Lipinski definition) is 3. The molecule has 1 aliphatic rings. The molecule has 142 valence electrons. The molecule has 26 heavy (non-hydrogen) atoms. The van der Waals surface area contributed by atoms with Gasteiger partial charge in [-0.15, -0.1) is 0 Å². The Kier molecular flexibility index (Phi) is 5.84. The van der Waals surface area contributed by atoms with Crippen LogP contribution in [0.15, 0.2) is 24.3 Å². The highest BCUT2D eigenvalue weighted by atomic mass is 16.1. The Bertz CT molecular complexity index is 742. The highest BCUT2D eigenvalue weighted by molar-refractivity contribution is 5.80. The highest BCUT2D eigenvalue weighted by Crippen LogP contribution is 2.27. The lowest BCUT2D eigenvalue weighted by Gasteiger charge is -2.32. The fourth-order valence-corrected chi connectivity index (χ4v) is 3.66. The van der Waals surface area contributed by atoms with E-state index in [9.17, 15) is 4.79 Å². The quantitative estimate of drug-likeness (QED) is 0.856. The van der Waals surface area contributed by atoms with Crippen LogP contribution in [0.25, 0.3) is 11.0 Å². The molecule has 0 saturated carbocycles. The molecule has 0 aliphatic carbocycles. The molecule has 1 aromatic carbocycles. The van der Waals surface area contributed by atoms with Crippen LogP contribution in [-0.2, 0) is 11.3 Å². The summed E-state index contributed by atoms with van der Waals surface area (Å²) in [6, 6.07) is 8.60. The first-order chi connectivity index (χ1) is 12.5. The summed E-state index contributed by atoms with van der Waals surface area (Å²) < 4.78 is 2.36. The van der Waals surface area contributed by atoms with Gasteiger partial charge in [-0.1, -0.05) is 26.0 Å². The Balaban J connectivity index is 1.76. The molecule has 5 nitrogen and oxygen atoms in total. The number of fused-ring (bicyclic) bond motifs is 1. The second kappa shape index (κ2) is 8.11. The second-order valence-electron chi connectivity index (χ2n) is 8.16. The fourth-order valence-electron chi connectivity index (χ4n) is 3.66. The standard InChI is InChI=1S/C21H32N4O/c1-15(2)9-14-25-19-8-6-5-7-18(19)23-21(25)24-12-10-17(11-13-24)20(26)22-16(3)4/h5-8,15-17H,9-14H2,1-4H3,(H,22,26). The summed E-state index contributed by atoms with van der Waals surface area (Å²) >= 11 is 0. The van der Waals surface area contributed by atoms with Gasteiger partial charge in [0.2, 0.25) is 11.9 Å². The molecule has 5 heteroatoms. The Morgan fingerprint density at radius 1 is 1.19 bits per heavy atom. The molecule has 1 aromatic heterocycles. The lowest BCUT2D eigenvalue weighted by atomic mass is 9.96. The minimum Gasteiger partial charge on any atom is -0.354 e. The predicted molar refractivity (Wildman–Crippen MR) is 107 cm³/mol. The van der Waals surface area contributed by atoms with Crippen LogP contribution in [0.3, 0.4) is 0 Å². The highest BCUT2D eigenvalue weighted by Gasteiger charge is 2.27. The number of nitrogens with one attached hydrogen (secondary N) is 1. The molecule has 1 fully saturated rings. The van der Waals surface area contributed by atoms with Crippen molar-refractivity contribution in [2.45, 2.75) is 59.5 Å². The molecular formula is C21H32N4O. The molecule has 1 saturated heterocycles. The predicted octanol–water partition coefficient (Wildman–Crippen LogP) is 3.82. The van der Waals surface area contributed by atoms with Gasteiger partial charge in [0, 0.05) is 31.6 Å². The lowest BCUT2D eigenvalue weighted by molar-refractivity contribution is -0.126. The molecule has 2 aromatic rings. The van der Waals surface area contributed by atoms with Gasteiger partial charge in [0.1, 0.15) is 0 Å². The number of aromatic nitrogens is 2. The minimum atomic E-state index is 0.127. The van der Waals surface area contributed by atoms with E-state index >= 15 is 0 Å². The van der Waals surface area contributed by atoms with Gasteiger partial charge in [0.05, 0.1) is 11.0 Å². The Labute approximate surface area is 156 Å². The van der Waals surface area contributed by atoms with Gasteiger partial charge in [-0.2, -0.15) is 0 Å². The largest absolute Gasteiger partial charge is 0.354 e. The average Bonchev–Trinajstić information content (AvgIpc) is 2.98. The normalized spacial score (nSPS) is 16.0. The Morgan fingerprint density at radius 2 is 1.88 bits per heavy atom. The summed E-state index contributed by atoms with van der Waals surface area (Å²) in [6.45, 7) is 11.3. The van der Waals surface area contributed by atoms with Crippen molar-refractivity contribution in [2.24, 2.45) is 11.8 Å². The molecule has 0 atom stereocenters. The number of para-hydroxylation sites is 2. The van der Waals surface area contributed by atoms with Gasteiger partial charge in [-0.05, 0) is 51.2 Å². The molecular weight excluding hydrogens is 324 g/mol. The molecule has 1 amide bonds. The van der Waals surface area contributed by atoms with Crippen molar-refractivity contribution >= 4 is 22.9 Å². The van der Waals surface area contributed by atoms with Crippen LogP contribution in [0.4, 0.5) is 5.95 Å². The molecule has 1 N–H and O–H groups in total. The number of anilines is 1. The molecule has 0 unspecified atom stereocenters. The molecule has 2 heterocycles. The first-order valence-electron chi connectivity index (χ1n) is 9.96. The van der Waals surface area contributed by atoms with Crippen molar-refractivity contribution in [2.75, 3.05) is 18.0 Å².